The molecule has 2 aromatic rings. The summed E-state index contributed by atoms with van der Waals surface area (Å²) in [7, 11) is 0. The minimum atomic E-state index is -1.66. The van der Waals surface area contributed by atoms with Gasteiger partial charge in [0.05, 0.1) is 0 Å². The summed E-state index contributed by atoms with van der Waals surface area (Å²) in [5.74, 6) is 0.352. The van der Waals surface area contributed by atoms with Crippen LogP contribution in [0.4, 0.5) is 0 Å². The van der Waals surface area contributed by atoms with Crippen LogP contribution in [0.2, 0.25) is 0 Å². The van der Waals surface area contributed by atoms with Gasteiger partial charge < -0.3 is 9.54 Å². The first kappa shape index (κ1) is 10.4. The highest BCUT2D eigenvalue weighted by Gasteiger charge is 1.99. The van der Waals surface area contributed by atoms with Crippen LogP contribution in [0.15, 0.2) is 30.5 Å². The second-order valence-electron chi connectivity index (χ2n) is 3.53. The molecular weight excluding hydrogens is 210 g/mol. The summed E-state index contributed by atoms with van der Waals surface area (Å²) in [5.41, 5.74) is 2.34. The van der Waals surface area contributed by atoms with Crippen molar-refractivity contribution in [1.29, 1.82) is 0 Å². The lowest BCUT2D eigenvalue weighted by Crippen LogP contribution is -1.96. The van der Waals surface area contributed by atoms with Gasteiger partial charge in [0, 0.05) is 17.5 Å². The van der Waals surface area contributed by atoms with Crippen molar-refractivity contribution in [3.8, 4) is 0 Å². The zero-order valence-electron chi connectivity index (χ0n) is 8.27. The van der Waals surface area contributed by atoms with Gasteiger partial charge in [-0.15, -0.1) is 0 Å². The number of benzene rings is 1. The number of hydrogen-bond donors (Lipinski definition) is 2. The molecule has 0 spiro atoms. The van der Waals surface area contributed by atoms with Gasteiger partial charge in [-0.25, -0.2) is 4.21 Å². The van der Waals surface area contributed by atoms with E-state index in [1.165, 1.54) is 10.9 Å². The SMILES string of the molecule is O=S(O)CCCc1ccc2[nH]ccc2c1. The van der Waals surface area contributed by atoms with E-state index in [1.807, 2.05) is 18.3 Å². The molecule has 2 N–H and O–H groups in total. The van der Waals surface area contributed by atoms with E-state index in [1.54, 1.807) is 0 Å². The second-order valence-corrected chi connectivity index (χ2v) is 4.58. The lowest BCUT2D eigenvalue weighted by molar-refractivity contribution is 0.561. The number of nitrogens with one attached hydrogen (secondary N) is 1. The van der Waals surface area contributed by atoms with Gasteiger partial charge in [0.1, 0.15) is 0 Å². The highest BCUT2D eigenvalue weighted by Crippen LogP contribution is 2.15. The van der Waals surface area contributed by atoms with E-state index in [-0.39, 0.29) is 0 Å². The van der Waals surface area contributed by atoms with Crippen LogP contribution in [0.5, 0.6) is 0 Å². The summed E-state index contributed by atoms with van der Waals surface area (Å²) < 4.78 is 19.1. The monoisotopic (exact) mass is 223 g/mol. The zero-order valence-corrected chi connectivity index (χ0v) is 9.09. The molecule has 0 aliphatic rings. The molecule has 15 heavy (non-hydrogen) atoms. The first-order valence-corrected chi connectivity index (χ1v) is 6.17. The van der Waals surface area contributed by atoms with E-state index in [2.05, 4.69) is 17.1 Å². The Hall–Kier alpha value is -1.13. The summed E-state index contributed by atoms with van der Waals surface area (Å²) in [6.07, 6.45) is 3.52. The first-order chi connectivity index (χ1) is 7.25. The number of aryl methyl sites for hydroxylation is 1. The molecule has 0 radical (unpaired) electrons. The Morgan fingerprint density at radius 1 is 1.33 bits per heavy atom. The van der Waals surface area contributed by atoms with E-state index in [9.17, 15) is 4.21 Å². The van der Waals surface area contributed by atoms with Crippen molar-refractivity contribution < 1.29 is 8.76 Å². The molecule has 0 saturated heterocycles. The Morgan fingerprint density at radius 3 is 3.00 bits per heavy atom. The molecular formula is C11H13NO2S. The molecule has 3 nitrogen and oxygen atoms in total. The minimum Gasteiger partial charge on any atom is -0.361 e. The van der Waals surface area contributed by atoms with E-state index in [0.29, 0.717) is 5.75 Å². The van der Waals surface area contributed by atoms with Gasteiger partial charge in [-0.05, 0) is 42.0 Å². The number of aromatic amines is 1. The number of fused-ring (bicyclic) bond motifs is 1. The Morgan fingerprint density at radius 2 is 2.20 bits per heavy atom. The van der Waals surface area contributed by atoms with E-state index in [4.69, 9.17) is 4.55 Å². The molecule has 2 rings (SSSR count). The normalized spacial score (nSPS) is 13.1. The van der Waals surface area contributed by atoms with Gasteiger partial charge in [0.2, 0.25) is 0 Å². The quantitative estimate of drug-likeness (QED) is 0.781. The van der Waals surface area contributed by atoms with Crippen molar-refractivity contribution in [3.05, 3.63) is 36.0 Å². The van der Waals surface area contributed by atoms with Crippen LogP contribution in [0.3, 0.4) is 0 Å². The molecule has 0 saturated carbocycles. The number of hydrogen-bond acceptors (Lipinski definition) is 1. The van der Waals surface area contributed by atoms with Gasteiger partial charge in [0.25, 0.3) is 0 Å². The first-order valence-electron chi connectivity index (χ1n) is 4.89. The zero-order chi connectivity index (χ0) is 10.7. The van der Waals surface area contributed by atoms with Gasteiger partial charge in [0.15, 0.2) is 11.1 Å². The molecule has 0 aliphatic heterocycles. The third kappa shape index (κ3) is 2.67. The van der Waals surface area contributed by atoms with Crippen LogP contribution in [0.1, 0.15) is 12.0 Å². The fourth-order valence-electron chi connectivity index (χ4n) is 1.66. The van der Waals surface area contributed by atoms with Crippen LogP contribution in [-0.2, 0) is 17.5 Å². The molecule has 0 fully saturated rings. The lowest BCUT2D eigenvalue weighted by Gasteiger charge is -2.00. The largest absolute Gasteiger partial charge is 0.361 e. The Kier molecular flexibility index (Phi) is 3.18. The Balaban J connectivity index is 2.04. The molecule has 1 aromatic carbocycles. The molecule has 0 amide bonds. The molecule has 1 aromatic heterocycles. The van der Waals surface area contributed by atoms with E-state index >= 15 is 0 Å². The maximum absolute atomic E-state index is 10.5. The Labute approximate surface area is 90.8 Å². The lowest BCUT2D eigenvalue weighted by atomic mass is 10.1. The van der Waals surface area contributed by atoms with E-state index < -0.39 is 11.1 Å². The van der Waals surface area contributed by atoms with Crippen LogP contribution in [0, 0.1) is 0 Å². The summed E-state index contributed by atoms with van der Waals surface area (Å²) in [5, 5.41) is 1.19. The fraction of sp³-hybridized carbons (Fsp3) is 0.273. The van der Waals surface area contributed by atoms with Crippen molar-refractivity contribution in [1.82, 2.24) is 4.98 Å². The standard InChI is InChI=1S/C11H13NO2S/c13-15(14)7-1-2-9-3-4-11-10(8-9)5-6-12-11/h3-6,8,12H,1-2,7H2,(H,13,14). The number of H-pyrrole nitrogens is 1. The highest BCUT2D eigenvalue weighted by molar-refractivity contribution is 7.79. The van der Waals surface area contributed by atoms with Crippen LogP contribution < -0.4 is 0 Å². The molecule has 1 heterocycles. The Bertz CT molecular complexity index is 478. The summed E-state index contributed by atoms with van der Waals surface area (Å²) in [4.78, 5) is 3.13. The molecule has 1 atom stereocenters. The van der Waals surface area contributed by atoms with Gasteiger partial charge in [-0.2, -0.15) is 0 Å². The summed E-state index contributed by atoms with van der Waals surface area (Å²) >= 11 is -1.66. The second kappa shape index (κ2) is 4.59. The van der Waals surface area contributed by atoms with Crippen molar-refractivity contribution in [2.45, 2.75) is 12.8 Å². The third-order valence-corrected chi connectivity index (χ3v) is 3.04. The average molecular weight is 223 g/mol. The fourth-order valence-corrected chi connectivity index (χ4v) is 2.05. The molecule has 0 aliphatic carbocycles. The molecule has 0 bridgehead atoms. The smallest absolute Gasteiger partial charge is 0.152 e. The van der Waals surface area contributed by atoms with Crippen molar-refractivity contribution in [2.75, 3.05) is 5.75 Å². The van der Waals surface area contributed by atoms with Crippen LogP contribution in [0.25, 0.3) is 10.9 Å². The average Bonchev–Trinajstić information content (AvgIpc) is 2.64. The summed E-state index contributed by atoms with van der Waals surface area (Å²) in [6.45, 7) is 0. The topological polar surface area (TPSA) is 53.1 Å². The highest BCUT2D eigenvalue weighted by atomic mass is 32.2. The maximum Gasteiger partial charge on any atom is 0.152 e. The predicted molar refractivity (Wildman–Crippen MR) is 62.3 cm³/mol. The van der Waals surface area contributed by atoms with E-state index in [0.717, 1.165) is 18.4 Å². The van der Waals surface area contributed by atoms with Crippen molar-refractivity contribution in [2.24, 2.45) is 0 Å². The van der Waals surface area contributed by atoms with Gasteiger partial charge >= 0.3 is 0 Å². The van der Waals surface area contributed by atoms with Crippen LogP contribution in [-0.4, -0.2) is 19.5 Å². The third-order valence-electron chi connectivity index (χ3n) is 2.40. The van der Waals surface area contributed by atoms with Gasteiger partial charge in [-0.1, -0.05) is 6.07 Å². The molecule has 80 valence electrons. The van der Waals surface area contributed by atoms with Crippen LogP contribution >= 0.6 is 0 Å². The van der Waals surface area contributed by atoms with Crippen molar-refractivity contribution in [3.63, 3.8) is 0 Å². The molecule has 4 heteroatoms. The maximum atomic E-state index is 10.5. The minimum absolute atomic E-state index is 0.352. The molecule has 1 unspecified atom stereocenters. The van der Waals surface area contributed by atoms with Crippen molar-refractivity contribution >= 4 is 22.0 Å². The van der Waals surface area contributed by atoms with Gasteiger partial charge in [-0.3, -0.25) is 0 Å². The predicted octanol–water partition coefficient (Wildman–Crippen LogP) is 2.32. The number of aromatic nitrogens is 1. The number of rotatable bonds is 4. The summed E-state index contributed by atoms with van der Waals surface area (Å²) in [6, 6.07) is 8.24.